The highest BCUT2D eigenvalue weighted by Crippen LogP contribution is 2.37. The number of aryl methyl sites for hydroxylation is 1. The van der Waals surface area contributed by atoms with Crippen LogP contribution in [0.4, 0.5) is 17.1 Å². The van der Waals surface area contributed by atoms with Crippen molar-refractivity contribution in [3.63, 3.8) is 0 Å². The Morgan fingerprint density at radius 2 is 1.96 bits per heavy atom. The van der Waals surface area contributed by atoms with Crippen molar-refractivity contribution >= 4 is 40.5 Å². The number of hydrogen-bond donors (Lipinski definition) is 1. The molecule has 0 bridgehead atoms. The standard InChI is InChI=1S/C20H18ClN3O4/c21-16-8-6-14(10-18(16)24(27)28)19(25)22-15-7-5-12-2-1-9-23(17(12)11-15)20(26)13-3-4-13/h5-8,10-11,13H,1-4,9H2,(H,22,25). The Morgan fingerprint density at radius 3 is 2.68 bits per heavy atom. The van der Waals surface area contributed by atoms with Crippen LogP contribution in [0, 0.1) is 16.0 Å². The first-order valence-electron chi connectivity index (χ1n) is 9.13. The SMILES string of the molecule is O=C(Nc1ccc2c(c1)N(C(=O)C1CC1)CCC2)c1ccc(Cl)c([N+](=O)[O-])c1. The molecule has 0 spiro atoms. The number of nitrogens with one attached hydrogen (secondary N) is 1. The predicted molar refractivity (Wildman–Crippen MR) is 106 cm³/mol. The van der Waals surface area contributed by atoms with Crippen LogP contribution >= 0.6 is 11.6 Å². The number of anilines is 2. The van der Waals surface area contributed by atoms with Crippen molar-refractivity contribution in [1.82, 2.24) is 0 Å². The van der Waals surface area contributed by atoms with Crippen LogP contribution in [-0.2, 0) is 11.2 Å². The molecule has 2 aromatic rings. The number of amides is 2. The lowest BCUT2D eigenvalue weighted by Gasteiger charge is -2.30. The molecule has 2 aromatic carbocycles. The lowest BCUT2D eigenvalue weighted by Crippen LogP contribution is -2.36. The van der Waals surface area contributed by atoms with Crippen LogP contribution in [0.1, 0.15) is 35.2 Å². The van der Waals surface area contributed by atoms with E-state index < -0.39 is 10.8 Å². The number of benzene rings is 2. The minimum absolute atomic E-state index is 0.0236. The number of nitro groups is 1. The van der Waals surface area contributed by atoms with Crippen molar-refractivity contribution in [1.29, 1.82) is 0 Å². The molecule has 0 saturated heterocycles. The van der Waals surface area contributed by atoms with Crippen LogP contribution in [0.2, 0.25) is 5.02 Å². The van der Waals surface area contributed by atoms with E-state index in [1.165, 1.54) is 12.1 Å². The normalized spacial score (nSPS) is 15.7. The minimum Gasteiger partial charge on any atom is -0.322 e. The van der Waals surface area contributed by atoms with Gasteiger partial charge in [-0.15, -0.1) is 0 Å². The number of nitrogens with zero attached hydrogens (tertiary/aromatic N) is 2. The molecular weight excluding hydrogens is 382 g/mol. The molecule has 1 aliphatic heterocycles. The van der Waals surface area contributed by atoms with Crippen molar-refractivity contribution in [3.05, 3.63) is 62.7 Å². The number of nitro benzene ring substituents is 1. The number of carbonyl (C=O) groups is 2. The van der Waals surface area contributed by atoms with Gasteiger partial charge in [-0.25, -0.2) is 0 Å². The molecule has 1 aliphatic carbocycles. The zero-order chi connectivity index (χ0) is 19.8. The number of halogens is 1. The molecule has 1 heterocycles. The van der Waals surface area contributed by atoms with E-state index in [1.54, 1.807) is 12.1 Å². The first-order chi connectivity index (χ1) is 13.4. The quantitative estimate of drug-likeness (QED) is 0.616. The lowest BCUT2D eigenvalue weighted by molar-refractivity contribution is -0.384. The third kappa shape index (κ3) is 3.57. The van der Waals surface area contributed by atoms with Gasteiger partial charge in [0.05, 0.1) is 4.92 Å². The molecule has 2 aliphatic rings. The van der Waals surface area contributed by atoms with E-state index in [0.717, 1.165) is 43.0 Å². The maximum absolute atomic E-state index is 12.6. The van der Waals surface area contributed by atoms with Crippen molar-refractivity contribution in [3.8, 4) is 0 Å². The largest absolute Gasteiger partial charge is 0.322 e. The van der Waals surface area contributed by atoms with Crippen LogP contribution in [-0.4, -0.2) is 23.3 Å². The molecule has 8 heteroatoms. The zero-order valence-corrected chi connectivity index (χ0v) is 15.7. The molecular formula is C20H18ClN3O4. The van der Waals surface area contributed by atoms with Gasteiger partial charge in [0.15, 0.2) is 0 Å². The van der Waals surface area contributed by atoms with E-state index in [1.807, 2.05) is 11.0 Å². The van der Waals surface area contributed by atoms with E-state index in [4.69, 9.17) is 11.6 Å². The van der Waals surface area contributed by atoms with Crippen LogP contribution < -0.4 is 10.2 Å². The lowest BCUT2D eigenvalue weighted by atomic mass is 10.0. The van der Waals surface area contributed by atoms with Crippen molar-refractivity contribution < 1.29 is 14.5 Å². The molecule has 0 unspecified atom stereocenters. The van der Waals surface area contributed by atoms with Crippen LogP contribution in [0.15, 0.2) is 36.4 Å². The summed E-state index contributed by atoms with van der Waals surface area (Å²) < 4.78 is 0. The summed E-state index contributed by atoms with van der Waals surface area (Å²) in [5.74, 6) is -0.202. The Bertz CT molecular complexity index is 987. The van der Waals surface area contributed by atoms with Gasteiger partial charge in [0.1, 0.15) is 5.02 Å². The Morgan fingerprint density at radius 1 is 1.18 bits per heavy atom. The average molecular weight is 400 g/mol. The summed E-state index contributed by atoms with van der Waals surface area (Å²) in [6.45, 7) is 0.684. The first kappa shape index (κ1) is 18.4. The second-order valence-corrected chi connectivity index (χ2v) is 7.50. The fourth-order valence-corrected chi connectivity index (χ4v) is 3.62. The van der Waals surface area contributed by atoms with Crippen LogP contribution in [0.25, 0.3) is 0 Å². The minimum atomic E-state index is -0.626. The molecule has 2 amide bonds. The second-order valence-electron chi connectivity index (χ2n) is 7.09. The highest BCUT2D eigenvalue weighted by Gasteiger charge is 2.35. The highest BCUT2D eigenvalue weighted by molar-refractivity contribution is 6.32. The summed E-state index contributed by atoms with van der Waals surface area (Å²) >= 11 is 5.80. The Balaban J connectivity index is 1.58. The van der Waals surface area contributed by atoms with Gasteiger partial charge in [0.2, 0.25) is 5.91 Å². The molecule has 144 valence electrons. The van der Waals surface area contributed by atoms with Gasteiger partial charge >= 0.3 is 0 Å². The molecule has 0 atom stereocenters. The van der Waals surface area contributed by atoms with Crippen molar-refractivity contribution in [2.45, 2.75) is 25.7 Å². The molecule has 1 saturated carbocycles. The summed E-state index contributed by atoms with van der Waals surface area (Å²) in [4.78, 5) is 37.3. The molecule has 1 N–H and O–H groups in total. The van der Waals surface area contributed by atoms with E-state index in [9.17, 15) is 19.7 Å². The summed E-state index contributed by atoms with van der Waals surface area (Å²) in [5, 5.41) is 13.8. The summed E-state index contributed by atoms with van der Waals surface area (Å²) in [6, 6.07) is 9.42. The monoisotopic (exact) mass is 399 g/mol. The molecule has 28 heavy (non-hydrogen) atoms. The van der Waals surface area contributed by atoms with Gasteiger partial charge in [-0.2, -0.15) is 0 Å². The summed E-state index contributed by atoms with van der Waals surface area (Å²) in [6.07, 6.45) is 3.69. The van der Waals surface area contributed by atoms with Gasteiger partial charge in [-0.1, -0.05) is 17.7 Å². The van der Waals surface area contributed by atoms with Gasteiger partial charge in [0, 0.05) is 35.5 Å². The fraction of sp³-hybridized carbons (Fsp3) is 0.300. The third-order valence-corrected chi connectivity index (χ3v) is 5.38. The van der Waals surface area contributed by atoms with Crippen molar-refractivity contribution in [2.75, 3.05) is 16.8 Å². The van der Waals surface area contributed by atoms with Gasteiger partial charge in [0.25, 0.3) is 11.6 Å². The summed E-state index contributed by atoms with van der Waals surface area (Å²) in [5.41, 5.74) is 2.28. The summed E-state index contributed by atoms with van der Waals surface area (Å²) in [7, 11) is 0. The smallest absolute Gasteiger partial charge is 0.288 e. The number of carbonyl (C=O) groups excluding carboxylic acids is 2. The second kappa shape index (κ2) is 7.24. The van der Waals surface area contributed by atoms with E-state index in [0.29, 0.717) is 12.2 Å². The van der Waals surface area contributed by atoms with Crippen LogP contribution in [0.5, 0.6) is 0 Å². The van der Waals surface area contributed by atoms with Gasteiger partial charge in [-0.05, 0) is 55.5 Å². The Labute approximate surface area is 166 Å². The Hall–Kier alpha value is -2.93. The maximum Gasteiger partial charge on any atom is 0.288 e. The third-order valence-electron chi connectivity index (χ3n) is 5.06. The Kier molecular flexibility index (Phi) is 4.77. The topological polar surface area (TPSA) is 92.6 Å². The number of rotatable bonds is 4. The first-order valence-corrected chi connectivity index (χ1v) is 9.51. The van der Waals surface area contributed by atoms with Crippen molar-refractivity contribution in [2.24, 2.45) is 5.92 Å². The molecule has 1 fully saturated rings. The van der Waals surface area contributed by atoms with E-state index in [2.05, 4.69) is 5.32 Å². The zero-order valence-electron chi connectivity index (χ0n) is 15.0. The van der Waals surface area contributed by atoms with E-state index >= 15 is 0 Å². The van der Waals surface area contributed by atoms with Gasteiger partial charge in [-0.3, -0.25) is 19.7 Å². The van der Waals surface area contributed by atoms with Gasteiger partial charge < -0.3 is 10.2 Å². The molecule has 0 aromatic heterocycles. The predicted octanol–water partition coefficient (Wildman–Crippen LogP) is 4.19. The fourth-order valence-electron chi connectivity index (χ4n) is 3.43. The number of hydrogen-bond acceptors (Lipinski definition) is 4. The van der Waals surface area contributed by atoms with E-state index in [-0.39, 0.29) is 28.1 Å². The molecule has 4 rings (SSSR count). The number of fused-ring (bicyclic) bond motifs is 1. The van der Waals surface area contributed by atoms with Crippen LogP contribution in [0.3, 0.4) is 0 Å². The highest BCUT2D eigenvalue weighted by atomic mass is 35.5. The molecule has 7 nitrogen and oxygen atoms in total. The maximum atomic E-state index is 12.6. The average Bonchev–Trinajstić information content (AvgIpc) is 3.52. The molecule has 0 radical (unpaired) electrons.